The van der Waals surface area contributed by atoms with Crippen molar-refractivity contribution >= 4 is 0 Å². The van der Waals surface area contributed by atoms with Crippen molar-refractivity contribution < 1.29 is 0 Å². The van der Waals surface area contributed by atoms with Crippen LogP contribution in [0, 0.1) is 33.5 Å². The van der Waals surface area contributed by atoms with Gasteiger partial charge in [-0.1, -0.05) is 27.2 Å². The third kappa shape index (κ3) is 2.89. The van der Waals surface area contributed by atoms with Crippen LogP contribution in [0.5, 0.6) is 0 Å². The van der Waals surface area contributed by atoms with Crippen molar-refractivity contribution in [1.29, 1.82) is 5.26 Å². The van der Waals surface area contributed by atoms with Crippen molar-refractivity contribution in [2.45, 2.75) is 79.2 Å². The van der Waals surface area contributed by atoms with Crippen LogP contribution in [0.1, 0.15) is 73.1 Å². The molecule has 2 fully saturated rings. The fourth-order valence-corrected chi connectivity index (χ4v) is 4.81. The Hall–Kier alpha value is -0.550. The standard InChI is InChI=1S/C18H32N2/c1-16(2,13-19)9-6-7-11-20-15-17(3,4)14-8-10-18(15,5)12-14/h14-15,20H,6-12H2,1-5H3. The fourth-order valence-electron chi connectivity index (χ4n) is 4.81. The van der Waals surface area contributed by atoms with Crippen molar-refractivity contribution in [2.24, 2.45) is 22.2 Å². The molecule has 0 spiro atoms. The van der Waals surface area contributed by atoms with E-state index in [1.54, 1.807) is 0 Å². The summed E-state index contributed by atoms with van der Waals surface area (Å²) < 4.78 is 0. The summed E-state index contributed by atoms with van der Waals surface area (Å²) in [5.41, 5.74) is 0.830. The summed E-state index contributed by atoms with van der Waals surface area (Å²) in [6.45, 7) is 12.6. The predicted octanol–water partition coefficient (Wildman–Crippen LogP) is 4.51. The van der Waals surface area contributed by atoms with Crippen LogP contribution in [0.15, 0.2) is 0 Å². The van der Waals surface area contributed by atoms with Crippen LogP contribution in [-0.4, -0.2) is 12.6 Å². The predicted molar refractivity (Wildman–Crippen MR) is 84.3 cm³/mol. The van der Waals surface area contributed by atoms with Crippen LogP contribution >= 0.6 is 0 Å². The summed E-state index contributed by atoms with van der Waals surface area (Å²) in [5.74, 6) is 0.919. The molecule has 3 atom stereocenters. The Morgan fingerprint density at radius 2 is 1.95 bits per heavy atom. The van der Waals surface area contributed by atoms with Crippen molar-refractivity contribution in [2.75, 3.05) is 6.54 Å². The van der Waals surface area contributed by atoms with Crippen LogP contribution < -0.4 is 5.32 Å². The highest BCUT2D eigenvalue weighted by atomic mass is 15.0. The molecule has 2 aliphatic rings. The van der Waals surface area contributed by atoms with Crippen LogP contribution in [0.25, 0.3) is 0 Å². The lowest BCUT2D eigenvalue weighted by Gasteiger charge is -2.43. The Morgan fingerprint density at radius 3 is 2.50 bits per heavy atom. The third-order valence-corrected chi connectivity index (χ3v) is 6.15. The number of nitrogens with zero attached hydrogens (tertiary/aromatic N) is 1. The number of nitrogens with one attached hydrogen (secondary N) is 1. The van der Waals surface area contributed by atoms with Gasteiger partial charge in [-0.05, 0) is 69.2 Å². The van der Waals surface area contributed by atoms with Gasteiger partial charge in [0.1, 0.15) is 0 Å². The molecule has 2 aliphatic carbocycles. The maximum atomic E-state index is 9.03. The van der Waals surface area contributed by atoms with E-state index in [0.29, 0.717) is 16.9 Å². The van der Waals surface area contributed by atoms with Gasteiger partial charge in [-0.2, -0.15) is 5.26 Å². The number of rotatable bonds is 6. The second-order valence-corrected chi connectivity index (χ2v) is 8.76. The van der Waals surface area contributed by atoms with Gasteiger partial charge >= 0.3 is 0 Å². The third-order valence-electron chi connectivity index (χ3n) is 6.15. The number of hydrogen-bond donors (Lipinski definition) is 1. The average molecular weight is 276 g/mol. The van der Waals surface area contributed by atoms with E-state index in [2.05, 4.69) is 32.2 Å². The Kier molecular flexibility index (Phi) is 4.22. The van der Waals surface area contributed by atoms with Crippen LogP contribution in [0.2, 0.25) is 0 Å². The van der Waals surface area contributed by atoms with E-state index in [9.17, 15) is 0 Å². The van der Waals surface area contributed by atoms with E-state index in [4.69, 9.17) is 5.26 Å². The number of hydrogen-bond acceptors (Lipinski definition) is 2. The summed E-state index contributed by atoms with van der Waals surface area (Å²) in [7, 11) is 0. The molecule has 0 aliphatic heterocycles. The van der Waals surface area contributed by atoms with E-state index in [1.165, 1.54) is 25.7 Å². The lowest BCUT2D eigenvalue weighted by atomic mass is 9.68. The topological polar surface area (TPSA) is 35.8 Å². The molecule has 0 aromatic carbocycles. The molecule has 2 nitrogen and oxygen atoms in total. The maximum absolute atomic E-state index is 9.03. The molecular formula is C18H32N2. The lowest BCUT2D eigenvalue weighted by Crippen LogP contribution is -2.50. The highest BCUT2D eigenvalue weighted by Gasteiger charge is 2.58. The molecule has 1 N–H and O–H groups in total. The zero-order valence-electron chi connectivity index (χ0n) is 14.1. The molecule has 0 heterocycles. The van der Waals surface area contributed by atoms with Crippen LogP contribution in [-0.2, 0) is 0 Å². The van der Waals surface area contributed by atoms with Gasteiger partial charge in [0, 0.05) is 6.04 Å². The average Bonchev–Trinajstić information content (AvgIpc) is 2.83. The molecule has 2 saturated carbocycles. The van der Waals surface area contributed by atoms with Crippen LogP contribution in [0.3, 0.4) is 0 Å². The van der Waals surface area contributed by atoms with E-state index in [-0.39, 0.29) is 5.41 Å². The first kappa shape index (κ1) is 15.8. The summed E-state index contributed by atoms with van der Waals surface area (Å²) in [6, 6.07) is 3.07. The van der Waals surface area contributed by atoms with Crippen LogP contribution in [0.4, 0.5) is 0 Å². The largest absolute Gasteiger partial charge is 0.313 e. The smallest absolute Gasteiger partial charge is 0.0683 e. The van der Waals surface area contributed by atoms with Crippen molar-refractivity contribution in [3.8, 4) is 6.07 Å². The zero-order valence-corrected chi connectivity index (χ0v) is 14.1. The molecule has 0 radical (unpaired) electrons. The molecule has 114 valence electrons. The summed E-state index contributed by atoms with van der Waals surface area (Å²) in [4.78, 5) is 0. The molecule has 2 rings (SSSR count). The van der Waals surface area contributed by atoms with E-state index >= 15 is 0 Å². The first-order valence-corrected chi connectivity index (χ1v) is 8.36. The van der Waals surface area contributed by atoms with Crippen molar-refractivity contribution in [3.63, 3.8) is 0 Å². The van der Waals surface area contributed by atoms with Gasteiger partial charge in [0.25, 0.3) is 0 Å². The summed E-state index contributed by atoms with van der Waals surface area (Å²) >= 11 is 0. The molecule has 0 aromatic heterocycles. The Labute approximate surface area is 125 Å². The first-order chi connectivity index (χ1) is 9.21. The lowest BCUT2D eigenvalue weighted by molar-refractivity contribution is 0.109. The Morgan fingerprint density at radius 1 is 1.25 bits per heavy atom. The monoisotopic (exact) mass is 276 g/mol. The van der Waals surface area contributed by atoms with E-state index in [1.807, 2.05) is 13.8 Å². The summed E-state index contributed by atoms with van der Waals surface area (Å²) in [5, 5.41) is 12.9. The van der Waals surface area contributed by atoms with Crippen molar-refractivity contribution in [3.05, 3.63) is 0 Å². The quantitative estimate of drug-likeness (QED) is 0.724. The number of unbranched alkanes of at least 4 members (excludes halogenated alkanes) is 1. The second kappa shape index (κ2) is 5.34. The highest BCUT2D eigenvalue weighted by Crippen LogP contribution is 2.62. The SMILES string of the molecule is CC(C)(C#N)CCCCNC1C2(C)CCC(C2)C1(C)C. The molecule has 0 aromatic rings. The van der Waals surface area contributed by atoms with E-state index < -0.39 is 0 Å². The maximum Gasteiger partial charge on any atom is 0.0683 e. The van der Waals surface area contributed by atoms with Crippen molar-refractivity contribution in [1.82, 2.24) is 5.32 Å². The molecule has 2 bridgehead atoms. The minimum absolute atomic E-state index is 0.155. The molecular weight excluding hydrogens is 244 g/mol. The minimum atomic E-state index is -0.155. The van der Waals surface area contributed by atoms with Gasteiger partial charge in [0.15, 0.2) is 0 Å². The van der Waals surface area contributed by atoms with Gasteiger partial charge in [-0.15, -0.1) is 0 Å². The zero-order chi connectivity index (χ0) is 15.0. The Balaban J connectivity index is 1.76. The number of fused-ring (bicyclic) bond motifs is 2. The molecule has 2 heteroatoms. The second-order valence-electron chi connectivity index (χ2n) is 8.76. The molecule has 0 amide bonds. The molecule has 3 unspecified atom stereocenters. The fraction of sp³-hybridized carbons (Fsp3) is 0.944. The highest BCUT2D eigenvalue weighted by molar-refractivity contribution is 5.11. The first-order valence-electron chi connectivity index (χ1n) is 8.36. The molecule has 0 saturated heterocycles. The van der Waals surface area contributed by atoms with Gasteiger partial charge in [-0.25, -0.2) is 0 Å². The van der Waals surface area contributed by atoms with Gasteiger partial charge < -0.3 is 5.32 Å². The van der Waals surface area contributed by atoms with Gasteiger partial charge in [0.05, 0.1) is 11.5 Å². The van der Waals surface area contributed by atoms with Gasteiger partial charge in [0.2, 0.25) is 0 Å². The van der Waals surface area contributed by atoms with E-state index in [0.717, 1.165) is 25.3 Å². The number of nitriles is 1. The Bertz CT molecular complexity index is 386. The minimum Gasteiger partial charge on any atom is -0.313 e. The summed E-state index contributed by atoms with van der Waals surface area (Å²) in [6.07, 6.45) is 7.61. The normalized spacial score (nSPS) is 35.2. The van der Waals surface area contributed by atoms with Gasteiger partial charge in [-0.3, -0.25) is 0 Å². The molecule has 20 heavy (non-hydrogen) atoms.